The Kier molecular flexibility index (Phi) is 3.44. The Morgan fingerprint density at radius 1 is 1.47 bits per heavy atom. The molecular weight excluding hydrogens is 255 g/mol. The van der Waals surface area contributed by atoms with Crippen molar-refractivity contribution < 1.29 is 13.2 Å². The van der Waals surface area contributed by atoms with Gasteiger partial charge in [-0.05, 0) is 19.0 Å². The molecule has 1 aliphatic heterocycles. The molecular formula is C10H11ClF3N3. The predicted octanol–water partition coefficient (Wildman–Crippen LogP) is 2.53. The zero-order valence-corrected chi connectivity index (χ0v) is 9.57. The van der Waals surface area contributed by atoms with Crippen molar-refractivity contribution in [2.45, 2.75) is 18.6 Å². The SMILES string of the molecule is FC(F)(F)c1cnc(N[C@H]2CCNC2)c(Cl)c1. The maximum atomic E-state index is 12.4. The minimum absolute atomic E-state index is 0.00766. The van der Waals surface area contributed by atoms with Crippen LogP contribution in [0.4, 0.5) is 19.0 Å². The van der Waals surface area contributed by atoms with Crippen LogP contribution in [-0.4, -0.2) is 24.1 Å². The van der Waals surface area contributed by atoms with E-state index in [-0.39, 0.29) is 11.1 Å². The topological polar surface area (TPSA) is 37.0 Å². The number of hydrogen-bond donors (Lipinski definition) is 2. The van der Waals surface area contributed by atoms with E-state index in [4.69, 9.17) is 11.6 Å². The van der Waals surface area contributed by atoms with E-state index in [9.17, 15) is 13.2 Å². The first-order valence-electron chi connectivity index (χ1n) is 5.17. The summed E-state index contributed by atoms with van der Waals surface area (Å²) in [7, 11) is 0. The third kappa shape index (κ3) is 3.01. The number of aromatic nitrogens is 1. The van der Waals surface area contributed by atoms with Gasteiger partial charge in [0, 0.05) is 18.8 Å². The Labute approximate surface area is 101 Å². The first-order chi connectivity index (χ1) is 7.97. The molecule has 2 rings (SSSR count). The van der Waals surface area contributed by atoms with Crippen molar-refractivity contribution in [3.8, 4) is 0 Å². The van der Waals surface area contributed by atoms with Crippen molar-refractivity contribution in [1.29, 1.82) is 0 Å². The first-order valence-corrected chi connectivity index (χ1v) is 5.54. The molecule has 0 aromatic carbocycles. The fourth-order valence-electron chi connectivity index (χ4n) is 1.67. The van der Waals surface area contributed by atoms with E-state index < -0.39 is 11.7 Å². The number of halogens is 4. The highest BCUT2D eigenvalue weighted by Crippen LogP contribution is 2.32. The van der Waals surface area contributed by atoms with Crippen molar-refractivity contribution in [2.75, 3.05) is 18.4 Å². The third-order valence-electron chi connectivity index (χ3n) is 2.57. The molecule has 7 heteroatoms. The fourth-order valence-corrected chi connectivity index (χ4v) is 1.89. The molecule has 17 heavy (non-hydrogen) atoms. The Bertz CT molecular complexity index is 402. The summed E-state index contributed by atoms with van der Waals surface area (Å²) in [6, 6.07) is 1.05. The molecule has 0 spiro atoms. The molecule has 1 aromatic rings. The Hall–Kier alpha value is -1.01. The van der Waals surface area contributed by atoms with Crippen LogP contribution < -0.4 is 10.6 Å². The van der Waals surface area contributed by atoms with Gasteiger partial charge >= 0.3 is 6.18 Å². The number of pyridine rings is 1. The van der Waals surface area contributed by atoms with E-state index in [1.165, 1.54) is 0 Å². The van der Waals surface area contributed by atoms with E-state index >= 15 is 0 Å². The molecule has 0 unspecified atom stereocenters. The summed E-state index contributed by atoms with van der Waals surface area (Å²) < 4.78 is 37.1. The molecule has 0 bridgehead atoms. The van der Waals surface area contributed by atoms with Crippen LogP contribution in [0.2, 0.25) is 5.02 Å². The average Bonchev–Trinajstić information content (AvgIpc) is 2.72. The highest BCUT2D eigenvalue weighted by Gasteiger charge is 2.31. The highest BCUT2D eigenvalue weighted by atomic mass is 35.5. The van der Waals surface area contributed by atoms with Crippen LogP contribution in [0, 0.1) is 0 Å². The van der Waals surface area contributed by atoms with E-state index in [1.807, 2.05) is 0 Å². The quantitative estimate of drug-likeness (QED) is 0.863. The van der Waals surface area contributed by atoms with Crippen LogP contribution in [0.3, 0.4) is 0 Å². The molecule has 3 nitrogen and oxygen atoms in total. The van der Waals surface area contributed by atoms with Gasteiger partial charge in [0.2, 0.25) is 0 Å². The van der Waals surface area contributed by atoms with Crippen LogP contribution in [0.5, 0.6) is 0 Å². The van der Waals surface area contributed by atoms with Gasteiger partial charge in [0.05, 0.1) is 10.6 Å². The normalized spacial score (nSPS) is 20.6. The second-order valence-electron chi connectivity index (χ2n) is 3.89. The van der Waals surface area contributed by atoms with Gasteiger partial charge in [-0.2, -0.15) is 13.2 Å². The predicted molar refractivity (Wildman–Crippen MR) is 59.1 cm³/mol. The van der Waals surface area contributed by atoms with E-state index in [2.05, 4.69) is 15.6 Å². The third-order valence-corrected chi connectivity index (χ3v) is 2.86. The van der Waals surface area contributed by atoms with Gasteiger partial charge in [0.15, 0.2) is 0 Å². The molecule has 0 aliphatic carbocycles. The number of alkyl halides is 3. The van der Waals surface area contributed by atoms with Crippen LogP contribution in [0.25, 0.3) is 0 Å². The number of rotatable bonds is 2. The van der Waals surface area contributed by atoms with Crippen molar-refractivity contribution in [3.05, 3.63) is 22.8 Å². The molecule has 0 saturated carbocycles. The Morgan fingerprint density at radius 3 is 2.76 bits per heavy atom. The van der Waals surface area contributed by atoms with Crippen molar-refractivity contribution in [1.82, 2.24) is 10.3 Å². The molecule has 94 valence electrons. The van der Waals surface area contributed by atoms with Crippen LogP contribution in [0.1, 0.15) is 12.0 Å². The maximum Gasteiger partial charge on any atom is 0.417 e. The number of nitrogens with zero attached hydrogens (tertiary/aromatic N) is 1. The zero-order valence-electron chi connectivity index (χ0n) is 8.81. The van der Waals surface area contributed by atoms with Crippen LogP contribution >= 0.6 is 11.6 Å². The fraction of sp³-hybridized carbons (Fsp3) is 0.500. The number of hydrogen-bond acceptors (Lipinski definition) is 3. The lowest BCUT2D eigenvalue weighted by Crippen LogP contribution is -2.23. The van der Waals surface area contributed by atoms with Crippen molar-refractivity contribution >= 4 is 17.4 Å². The largest absolute Gasteiger partial charge is 0.417 e. The molecule has 1 atom stereocenters. The molecule has 1 aromatic heterocycles. The standard InChI is InChI=1S/C10H11ClF3N3/c11-8-3-6(10(12,13)14)4-16-9(8)17-7-1-2-15-5-7/h3-4,7,15H,1-2,5H2,(H,16,17)/t7-/m0/s1. The molecule has 1 saturated heterocycles. The van der Waals surface area contributed by atoms with E-state index in [0.717, 1.165) is 31.8 Å². The van der Waals surface area contributed by atoms with Crippen LogP contribution in [0.15, 0.2) is 12.3 Å². The summed E-state index contributed by atoms with van der Waals surface area (Å²) >= 11 is 5.77. The zero-order chi connectivity index (χ0) is 12.5. The summed E-state index contributed by atoms with van der Waals surface area (Å²) in [5.41, 5.74) is -0.836. The summed E-state index contributed by atoms with van der Waals surface area (Å²) in [5.74, 6) is 0.299. The summed E-state index contributed by atoms with van der Waals surface area (Å²) in [6.45, 7) is 1.65. The second kappa shape index (κ2) is 4.70. The number of nitrogens with one attached hydrogen (secondary N) is 2. The van der Waals surface area contributed by atoms with Crippen molar-refractivity contribution in [3.63, 3.8) is 0 Å². The first kappa shape index (κ1) is 12.4. The van der Waals surface area contributed by atoms with Gasteiger partial charge in [0.25, 0.3) is 0 Å². The van der Waals surface area contributed by atoms with Gasteiger partial charge in [-0.3, -0.25) is 0 Å². The number of anilines is 1. The Morgan fingerprint density at radius 2 is 2.24 bits per heavy atom. The van der Waals surface area contributed by atoms with E-state index in [1.54, 1.807) is 0 Å². The smallest absolute Gasteiger partial charge is 0.365 e. The maximum absolute atomic E-state index is 12.4. The molecule has 0 amide bonds. The molecule has 2 heterocycles. The minimum Gasteiger partial charge on any atom is -0.365 e. The van der Waals surface area contributed by atoms with Gasteiger partial charge in [0.1, 0.15) is 5.82 Å². The highest BCUT2D eigenvalue weighted by molar-refractivity contribution is 6.33. The lowest BCUT2D eigenvalue weighted by molar-refractivity contribution is -0.137. The lowest BCUT2D eigenvalue weighted by Gasteiger charge is -2.14. The Balaban J connectivity index is 2.14. The van der Waals surface area contributed by atoms with Crippen molar-refractivity contribution in [2.24, 2.45) is 0 Å². The summed E-state index contributed by atoms with van der Waals surface area (Å²) in [5, 5.41) is 6.14. The second-order valence-corrected chi connectivity index (χ2v) is 4.29. The average molecular weight is 266 g/mol. The monoisotopic (exact) mass is 265 g/mol. The van der Waals surface area contributed by atoms with Gasteiger partial charge in [-0.1, -0.05) is 11.6 Å². The molecule has 1 aliphatic rings. The van der Waals surface area contributed by atoms with Gasteiger partial charge in [-0.25, -0.2) is 4.98 Å². The van der Waals surface area contributed by atoms with Gasteiger partial charge in [-0.15, -0.1) is 0 Å². The van der Waals surface area contributed by atoms with Gasteiger partial charge < -0.3 is 10.6 Å². The summed E-state index contributed by atoms with van der Waals surface area (Å²) in [4.78, 5) is 3.72. The summed E-state index contributed by atoms with van der Waals surface area (Å²) in [6.07, 6.45) is -2.72. The van der Waals surface area contributed by atoms with E-state index in [0.29, 0.717) is 5.82 Å². The molecule has 1 fully saturated rings. The molecule has 2 N–H and O–H groups in total. The molecule has 0 radical (unpaired) electrons. The van der Waals surface area contributed by atoms with Crippen LogP contribution in [-0.2, 0) is 6.18 Å². The minimum atomic E-state index is -4.41. The lowest BCUT2D eigenvalue weighted by atomic mass is 10.2.